The van der Waals surface area contributed by atoms with Crippen molar-refractivity contribution in [1.29, 1.82) is 0 Å². The molecule has 0 aliphatic rings. The van der Waals surface area contributed by atoms with Gasteiger partial charge in [0.1, 0.15) is 23.6 Å². The van der Waals surface area contributed by atoms with Gasteiger partial charge in [-0.25, -0.2) is 0 Å². The fraction of sp³-hybridized carbons (Fsp3) is 0.0909. The van der Waals surface area contributed by atoms with E-state index in [4.69, 9.17) is 16.3 Å². The zero-order valence-electron chi connectivity index (χ0n) is 16.5. The zero-order valence-corrected chi connectivity index (χ0v) is 17.3. The maximum Gasteiger partial charge on any atom is 0.269 e. The average molecular weight is 439 g/mol. The average Bonchev–Trinajstić information content (AvgIpc) is 2.75. The normalized spacial score (nSPS) is 10.1. The van der Waals surface area contributed by atoms with Crippen LogP contribution in [0.5, 0.6) is 11.5 Å². The molecule has 0 saturated heterocycles. The van der Waals surface area contributed by atoms with Crippen LogP contribution in [-0.4, -0.2) is 29.8 Å². The molecule has 3 rings (SSSR count). The van der Waals surface area contributed by atoms with E-state index in [1.807, 2.05) is 0 Å². The second kappa shape index (κ2) is 10.2. The maximum absolute atomic E-state index is 12.2. The highest BCUT2D eigenvalue weighted by Gasteiger charge is 2.12. The molecule has 0 unspecified atom stereocenters. The molecule has 9 heteroatoms. The van der Waals surface area contributed by atoms with E-state index < -0.39 is 11.8 Å². The molecule has 0 saturated carbocycles. The van der Waals surface area contributed by atoms with E-state index in [1.54, 1.807) is 54.6 Å². The van der Waals surface area contributed by atoms with Gasteiger partial charge in [0, 0.05) is 31.1 Å². The van der Waals surface area contributed by atoms with Crippen molar-refractivity contribution in [2.24, 2.45) is 0 Å². The van der Waals surface area contributed by atoms with Gasteiger partial charge in [0.15, 0.2) is 0 Å². The van der Waals surface area contributed by atoms with Crippen molar-refractivity contribution in [3.8, 4) is 11.5 Å². The van der Waals surface area contributed by atoms with Gasteiger partial charge in [-0.1, -0.05) is 29.8 Å². The summed E-state index contributed by atoms with van der Waals surface area (Å²) in [5.74, 6) is -0.464. The zero-order chi connectivity index (χ0) is 22.2. The quantitative estimate of drug-likeness (QED) is 0.485. The Morgan fingerprint density at radius 3 is 2.45 bits per heavy atom. The molecule has 2 aromatic carbocycles. The summed E-state index contributed by atoms with van der Waals surface area (Å²) in [5, 5.41) is 8.12. The van der Waals surface area contributed by atoms with Crippen LogP contribution in [0.1, 0.15) is 16.9 Å². The molecule has 0 aliphatic carbocycles. The number of hydrogen-bond donors (Lipinski definition) is 3. The lowest BCUT2D eigenvalue weighted by Gasteiger charge is -2.10. The number of carbonyl (C=O) groups is 3. The number of halogens is 1. The van der Waals surface area contributed by atoms with Gasteiger partial charge in [-0.15, -0.1) is 0 Å². The van der Waals surface area contributed by atoms with Crippen molar-refractivity contribution >= 4 is 40.7 Å². The van der Waals surface area contributed by atoms with Gasteiger partial charge in [0.05, 0.1) is 10.7 Å². The molecular formula is C22H19ClN4O4. The summed E-state index contributed by atoms with van der Waals surface area (Å²) in [5.41, 5.74) is 1.11. The highest BCUT2D eigenvalue weighted by atomic mass is 35.5. The summed E-state index contributed by atoms with van der Waals surface area (Å²) in [6.07, 6.45) is 1.08. The first kappa shape index (κ1) is 21.8. The third kappa shape index (κ3) is 6.28. The van der Waals surface area contributed by atoms with Crippen LogP contribution in [0.25, 0.3) is 0 Å². The second-order valence-corrected chi connectivity index (χ2v) is 6.75. The molecule has 8 nitrogen and oxygen atoms in total. The Morgan fingerprint density at radius 2 is 1.68 bits per heavy atom. The number of para-hydroxylation sites is 1. The summed E-state index contributed by atoms with van der Waals surface area (Å²) in [6.45, 7) is 0. The van der Waals surface area contributed by atoms with E-state index in [-0.39, 0.29) is 18.0 Å². The number of amides is 3. The van der Waals surface area contributed by atoms with E-state index in [0.29, 0.717) is 27.9 Å². The predicted molar refractivity (Wildman–Crippen MR) is 117 cm³/mol. The Morgan fingerprint density at radius 1 is 0.935 bits per heavy atom. The van der Waals surface area contributed by atoms with Gasteiger partial charge < -0.3 is 20.7 Å². The predicted octanol–water partition coefficient (Wildman–Crippen LogP) is 3.85. The van der Waals surface area contributed by atoms with E-state index in [2.05, 4.69) is 20.9 Å². The molecule has 158 valence electrons. The number of rotatable bonds is 7. The molecule has 0 radical (unpaired) electrons. The monoisotopic (exact) mass is 438 g/mol. The lowest BCUT2D eigenvalue weighted by atomic mass is 10.2. The highest BCUT2D eigenvalue weighted by molar-refractivity contribution is 6.33. The van der Waals surface area contributed by atoms with Gasteiger partial charge in [-0.2, -0.15) is 0 Å². The van der Waals surface area contributed by atoms with E-state index >= 15 is 0 Å². The third-order valence-electron chi connectivity index (χ3n) is 4.01. The molecule has 0 fully saturated rings. The fourth-order valence-electron chi connectivity index (χ4n) is 2.61. The topological polar surface area (TPSA) is 109 Å². The van der Waals surface area contributed by atoms with Crippen LogP contribution >= 0.6 is 11.6 Å². The largest absolute Gasteiger partial charge is 0.457 e. The first-order chi connectivity index (χ1) is 14.9. The standard InChI is InChI=1S/C22H19ClN4O4/c1-24-22(30)19-12-16(9-10-25-19)31-15-6-4-5-14(11-15)26-20(28)13-21(29)27-18-8-3-2-7-17(18)23/h2-12H,13H2,1H3,(H,24,30)(H,26,28)(H,27,29). The molecule has 0 atom stereocenters. The Bertz CT molecular complexity index is 1120. The first-order valence-corrected chi connectivity index (χ1v) is 9.62. The lowest BCUT2D eigenvalue weighted by Crippen LogP contribution is -2.21. The van der Waals surface area contributed by atoms with Crippen LogP contribution in [0.15, 0.2) is 66.9 Å². The van der Waals surface area contributed by atoms with Gasteiger partial charge in [-0.05, 0) is 30.3 Å². The Labute approximate surface area is 183 Å². The molecule has 0 bridgehead atoms. The van der Waals surface area contributed by atoms with Crippen LogP contribution in [0.3, 0.4) is 0 Å². The first-order valence-electron chi connectivity index (χ1n) is 9.25. The van der Waals surface area contributed by atoms with Crippen molar-refractivity contribution in [3.05, 3.63) is 77.6 Å². The van der Waals surface area contributed by atoms with Gasteiger partial charge >= 0.3 is 0 Å². The number of pyridine rings is 1. The van der Waals surface area contributed by atoms with Crippen molar-refractivity contribution in [2.75, 3.05) is 17.7 Å². The third-order valence-corrected chi connectivity index (χ3v) is 4.34. The van der Waals surface area contributed by atoms with Gasteiger partial charge in [0.25, 0.3) is 5.91 Å². The molecule has 3 N–H and O–H groups in total. The molecule has 1 aromatic heterocycles. The molecule has 3 amide bonds. The minimum Gasteiger partial charge on any atom is -0.457 e. The minimum atomic E-state index is -0.493. The van der Waals surface area contributed by atoms with E-state index in [1.165, 1.54) is 19.3 Å². The number of benzene rings is 2. The molecule has 0 spiro atoms. The number of anilines is 2. The lowest BCUT2D eigenvalue weighted by molar-refractivity contribution is -0.123. The van der Waals surface area contributed by atoms with Crippen LogP contribution in [-0.2, 0) is 9.59 Å². The van der Waals surface area contributed by atoms with Crippen molar-refractivity contribution in [2.45, 2.75) is 6.42 Å². The molecule has 1 heterocycles. The highest BCUT2D eigenvalue weighted by Crippen LogP contribution is 2.25. The Balaban J connectivity index is 1.60. The van der Waals surface area contributed by atoms with Crippen LogP contribution in [0, 0.1) is 0 Å². The summed E-state index contributed by atoms with van der Waals surface area (Å²) < 4.78 is 5.74. The molecule has 3 aromatic rings. The van der Waals surface area contributed by atoms with Gasteiger partial charge in [-0.3, -0.25) is 19.4 Å². The summed E-state index contributed by atoms with van der Waals surface area (Å²) in [6, 6.07) is 16.5. The second-order valence-electron chi connectivity index (χ2n) is 6.34. The Kier molecular flexibility index (Phi) is 7.18. The van der Waals surface area contributed by atoms with Crippen molar-refractivity contribution in [3.63, 3.8) is 0 Å². The number of nitrogens with one attached hydrogen (secondary N) is 3. The van der Waals surface area contributed by atoms with Crippen LogP contribution < -0.4 is 20.7 Å². The summed E-state index contributed by atoms with van der Waals surface area (Å²) >= 11 is 6.00. The molecule has 0 aliphatic heterocycles. The van der Waals surface area contributed by atoms with Crippen LogP contribution in [0.4, 0.5) is 11.4 Å². The van der Waals surface area contributed by atoms with Crippen molar-refractivity contribution < 1.29 is 19.1 Å². The Hall–Kier alpha value is -3.91. The number of hydrogen-bond acceptors (Lipinski definition) is 5. The number of aromatic nitrogens is 1. The van der Waals surface area contributed by atoms with Gasteiger partial charge in [0.2, 0.25) is 11.8 Å². The van der Waals surface area contributed by atoms with E-state index in [9.17, 15) is 14.4 Å². The molecular weight excluding hydrogens is 420 g/mol. The number of ether oxygens (including phenoxy) is 1. The maximum atomic E-state index is 12.2. The summed E-state index contributed by atoms with van der Waals surface area (Å²) in [7, 11) is 1.51. The smallest absolute Gasteiger partial charge is 0.269 e. The molecule has 31 heavy (non-hydrogen) atoms. The number of carbonyl (C=O) groups excluding carboxylic acids is 3. The summed E-state index contributed by atoms with van der Waals surface area (Å²) in [4.78, 5) is 40.0. The van der Waals surface area contributed by atoms with E-state index in [0.717, 1.165) is 0 Å². The SMILES string of the molecule is CNC(=O)c1cc(Oc2cccc(NC(=O)CC(=O)Nc3ccccc3Cl)c2)ccn1. The van der Waals surface area contributed by atoms with Crippen LogP contribution in [0.2, 0.25) is 5.02 Å². The fourth-order valence-corrected chi connectivity index (χ4v) is 2.79. The number of nitrogens with zero attached hydrogens (tertiary/aromatic N) is 1. The van der Waals surface area contributed by atoms with Crippen molar-refractivity contribution in [1.82, 2.24) is 10.3 Å². The minimum absolute atomic E-state index is 0.217.